The molecule has 23 heavy (non-hydrogen) atoms. The second-order valence-corrected chi connectivity index (χ2v) is 8.70. The molecule has 0 bridgehead atoms. The molecular formula is C10H15O11P2-. The molecule has 0 amide bonds. The number of carbonyl (C=O) groups excluding carboxylic acids is 1. The Kier molecular flexibility index (Phi) is 10.2. The Bertz CT molecular complexity index is 458. The first-order chi connectivity index (χ1) is 10.6. The maximum Gasteiger partial charge on any atom is 0.593 e. The Balaban J connectivity index is 0.00000108. The molecule has 0 radical (unpaired) electrons. The van der Waals surface area contributed by atoms with Gasteiger partial charge in [-0.3, -0.25) is 14.4 Å². The van der Waals surface area contributed by atoms with Gasteiger partial charge < -0.3 is 25.2 Å². The molecule has 1 fully saturated rings. The number of carbonyl (C=O) groups is 2. The maximum absolute atomic E-state index is 11.4. The molecule has 0 saturated heterocycles. The third-order valence-electron chi connectivity index (χ3n) is 2.53. The largest absolute Gasteiger partial charge is 0.691 e. The highest BCUT2D eigenvalue weighted by atomic mass is 32.1. The molecule has 13 heteroatoms. The van der Waals surface area contributed by atoms with Crippen molar-refractivity contribution in [3.05, 3.63) is 5.92 Å². The number of carboxylic acid groups (broad SMARTS) is 2. The van der Waals surface area contributed by atoms with Crippen LogP contribution in [-0.4, -0.2) is 23.7 Å². The first kappa shape index (κ1) is 21.9. The normalized spacial score (nSPS) is 16.6. The minimum absolute atomic E-state index is 0.0913. The number of rotatable bonds is 10. The molecule has 2 atom stereocenters. The van der Waals surface area contributed by atoms with E-state index in [1.807, 2.05) is 0 Å². The van der Waals surface area contributed by atoms with Crippen LogP contribution in [0.2, 0.25) is 0 Å². The summed E-state index contributed by atoms with van der Waals surface area (Å²) in [6.45, 7) is 0.725. The van der Waals surface area contributed by atoms with Gasteiger partial charge in [0.1, 0.15) is 31.3 Å². The zero-order chi connectivity index (χ0) is 18.0. The number of carboxylic acids is 2. The summed E-state index contributed by atoms with van der Waals surface area (Å²) < 4.78 is 30.1. The minimum Gasteiger partial charge on any atom is -0.691 e. The lowest BCUT2D eigenvalue weighted by atomic mass is 9.96. The fourth-order valence-corrected chi connectivity index (χ4v) is 2.90. The van der Waals surface area contributed by atoms with Crippen LogP contribution in [0.1, 0.15) is 32.6 Å². The Morgan fingerprint density at radius 2 is 1.96 bits per heavy atom. The van der Waals surface area contributed by atoms with Gasteiger partial charge in [0.25, 0.3) is 5.97 Å². The van der Waals surface area contributed by atoms with Crippen molar-refractivity contribution in [3.8, 4) is 0 Å². The average Bonchev–Trinajstić information content (AvgIpc) is 3.20. The highest BCUT2D eigenvalue weighted by Crippen LogP contribution is 2.66. The Morgan fingerprint density at radius 1 is 1.43 bits per heavy atom. The molecule has 0 heterocycles. The van der Waals surface area contributed by atoms with Gasteiger partial charge in [-0.25, -0.2) is 4.57 Å². The van der Waals surface area contributed by atoms with Gasteiger partial charge in [-0.15, -0.1) is 4.67 Å². The summed E-state index contributed by atoms with van der Waals surface area (Å²) in [5, 5.41) is 30.4. The minimum atomic E-state index is -4.65. The van der Waals surface area contributed by atoms with Crippen LogP contribution in [-0.2, 0) is 33.0 Å². The first-order valence-corrected chi connectivity index (χ1v) is 9.66. The summed E-state index contributed by atoms with van der Waals surface area (Å²) in [5.74, 6) is -1.33. The Labute approximate surface area is 132 Å². The highest BCUT2D eigenvalue weighted by molar-refractivity contribution is 8.20. The quantitative estimate of drug-likeness (QED) is 0.215. The standard InChI is InChI=1S/C8H12O9P2.C2H4O2/c9-8(10)5-7(6-1-2-6)3-4-15-19(14,17-16-11)18(12)13;1-2(3)4/h6H,1-5H2,(H-,9,10,11);1H3,(H,3,4)/p-1. The van der Waals surface area contributed by atoms with Crippen molar-refractivity contribution in [2.24, 2.45) is 5.92 Å². The van der Waals surface area contributed by atoms with Crippen LogP contribution in [0.15, 0.2) is 0 Å². The molecule has 0 aromatic carbocycles. The summed E-state index contributed by atoms with van der Waals surface area (Å²) >= 11 is 0. The van der Waals surface area contributed by atoms with E-state index >= 15 is 0 Å². The monoisotopic (exact) mass is 373 g/mol. The van der Waals surface area contributed by atoms with Crippen LogP contribution >= 0.6 is 15.0 Å². The molecule has 1 aliphatic rings. The third kappa shape index (κ3) is 10.4. The number of hydrogen-bond donors (Lipinski definition) is 1. The van der Waals surface area contributed by atoms with Crippen LogP contribution in [0.25, 0.3) is 0 Å². The van der Waals surface area contributed by atoms with E-state index in [1.54, 1.807) is 0 Å². The van der Waals surface area contributed by atoms with E-state index in [9.17, 15) is 29.2 Å². The Morgan fingerprint density at radius 3 is 2.30 bits per heavy atom. The van der Waals surface area contributed by atoms with E-state index in [2.05, 4.69) is 14.2 Å². The van der Waals surface area contributed by atoms with E-state index < -0.39 is 26.9 Å². The van der Waals surface area contributed by atoms with Crippen molar-refractivity contribution in [1.82, 2.24) is 0 Å². The lowest BCUT2D eigenvalue weighted by Gasteiger charge is -2.11. The second-order valence-electron chi connectivity index (χ2n) is 4.43. The molecule has 0 aromatic rings. The van der Waals surface area contributed by atoms with Gasteiger partial charge in [-0.05, 0) is 12.8 Å². The van der Waals surface area contributed by atoms with Gasteiger partial charge in [-0.2, -0.15) is 0 Å². The summed E-state index contributed by atoms with van der Waals surface area (Å²) in [5.41, 5.74) is 0. The van der Waals surface area contributed by atoms with Gasteiger partial charge >= 0.3 is 15.0 Å². The fourth-order valence-electron chi connectivity index (χ4n) is 1.54. The molecule has 1 aliphatic carbocycles. The molecule has 11 nitrogen and oxygen atoms in total. The molecule has 1 rings (SSSR count). The van der Waals surface area contributed by atoms with Crippen LogP contribution in [0.3, 0.4) is 0 Å². The SMILES string of the molecule is CC(=O)O.O=C([O-])C[C+](CCOP(=O)(OO[O-])[P+](=O)[O-])C1CC1. The van der Waals surface area contributed by atoms with Gasteiger partial charge in [0, 0.05) is 6.92 Å². The number of hydrogen-bond acceptors (Lipinski definition) is 10. The topological polar surface area (TPSA) is 185 Å². The second kappa shape index (κ2) is 10.7. The van der Waals surface area contributed by atoms with Crippen LogP contribution in [0.5, 0.6) is 0 Å². The lowest BCUT2D eigenvalue weighted by Crippen LogP contribution is -2.25. The van der Waals surface area contributed by atoms with Gasteiger partial charge in [-0.1, -0.05) is 4.57 Å². The van der Waals surface area contributed by atoms with E-state index in [0.29, 0.717) is 5.92 Å². The van der Waals surface area contributed by atoms with E-state index in [1.165, 1.54) is 0 Å². The molecule has 0 aliphatic heterocycles. The van der Waals surface area contributed by atoms with Crippen LogP contribution in [0.4, 0.5) is 0 Å². The van der Waals surface area contributed by atoms with E-state index in [4.69, 9.17) is 9.90 Å². The first-order valence-electron chi connectivity index (χ1n) is 6.24. The summed E-state index contributed by atoms with van der Waals surface area (Å²) in [6.07, 6.45) is 1.52. The summed E-state index contributed by atoms with van der Waals surface area (Å²) in [4.78, 5) is 30.1. The summed E-state index contributed by atoms with van der Waals surface area (Å²) in [7, 11) is -8.30. The van der Waals surface area contributed by atoms with Crippen molar-refractivity contribution in [2.45, 2.75) is 32.6 Å². The molecule has 1 saturated carbocycles. The molecule has 132 valence electrons. The lowest BCUT2D eigenvalue weighted by molar-refractivity contribution is -0.780. The zero-order valence-electron chi connectivity index (χ0n) is 12.0. The maximum atomic E-state index is 11.4. The van der Waals surface area contributed by atoms with Crippen LogP contribution < -0.4 is 15.3 Å². The van der Waals surface area contributed by atoms with E-state index in [0.717, 1.165) is 19.8 Å². The average molecular weight is 373 g/mol. The van der Waals surface area contributed by atoms with Gasteiger partial charge in [0.05, 0.1) is 5.97 Å². The van der Waals surface area contributed by atoms with E-state index in [-0.39, 0.29) is 25.4 Å². The van der Waals surface area contributed by atoms with Gasteiger partial charge in [0.15, 0.2) is 0 Å². The van der Waals surface area contributed by atoms with Crippen molar-refractivity contribution < 1.29 is 53.3 Å². The predicted octanol–water partition coefficient (Wildman–Crippen LogP) is -0.957. The van der Waals surface area contributed by atoms with Crippen molar-refractivity contribution in [3.63, 3.8) is 0 Å². The zero-order valence-corrected chi connectivity index (χ0v) is 13.8. The summed E-state index contributed by atoms with van der Waals surface area (Å²) in [6, 6.07) is 0. The third-order valence-corrected chi connectivity index (χ3v) is 5.43. The van der Waals surface area contributed by atoms with Gasteiger partial charge in [0.2, 0.25) is 0 Å². The smallest absolute Gasteiger partial charge is 0.593 e. The molecular weight excluding hydrogens is 358 g/mol. The molecule has 2 unspecified atom stereocenters. The molecule has 0 spiro atoms. The fraction of sp³-hybridized carbons (Fsp3) is 0.700. The van der Waals surface area contributed by atoms with Crippen molar-refractivity contribution in [2.75, 3.05) is 6.61 Å². The Hall–Kier alpha value is -1.06. The number of aliphatic carboxylic acids is 2. The molecule has 1 N–H and O–H groups in total. The predicted molar refractivity (Wildman–Crippen MR) is 66.9 cm³/mol. The van der Waals surface area contributed by atoms with Crippen molar-refractivity contribution in [1.29, 1.82) is 0 Å². The highest BCUT2D eigenvalue weighted by Gasteiger charge is 2.45. The van der Waals surface area contributed by atoms with Crippen molar-refractivity contribution >= 4 is 26.9 Å². The molecule has 0 aromatic heterocycles. The van der Waals surface area contributed by atoms with Crippen LogP contribution in [0, 0.1) is 11.8 Å².